The van der Waals surface area contributed by atoms with Crippen LogP contribution in [-0.2, 0) is 15.1 Å². The van der Waals surface area contributed by atoms with E-state index in [2.05, 4.69) is 33.2 Å². The van der Waals surface area contributed by atoms with Crippen molar-refractivity contribution in [2.75, 3.05) is 19.0 Å². The van der Waals surface area contributed by atoms with E-state index in [1.807, 2.05) is 12.1 Å². The summed E-state index contributed by atoms with van der Waals surface area (Å²) in [5.74, 6) is -0.276. The molecule has 1 heterocycles. The van der Waals surface area contributed by atoms with Crippen molar-refractivity contribution in [3.8, 4) is 5.75 Å². The van der Waals surface area contributed by atoms with E-state index in [1.165, 1.54) is 0 Å². The number of nitrogens with zero attached hydrogens (tertiary/aromatic N) is 1. The summed E-state index contributed by atoms with van der Waals surface area (Å²) in [4.78, 5) is 38.4. The molecule has 2 aromatic carbocycles. The third-order valence-electron chi connectivity index (χ3n) is 4.37. The van der Waals surface area contributed by atoms with Gasteiger partial charge in [0.25, 0.3) is 5.91 Å². The Labute approximate surface area is 170 Å². The highest BCUT2D eigenvalue weighted by Crippen LogP contribution is 2.30. The first-order valence-corrected chi connectivity index (χ1v) is 9.25. The molecule has 1 aliphatic heterocycles. The zero-order valence-electron chi connectivity index (χ0n) is 14.8. The molecule has 1 atom stereocenters. The Hall–Kier alpha value is -2.62. The molecule has 0 bridgehead atoms. The molecule has 0 spiro atoms. The number of hydrogen-bond donors (Lipinski definition) is 2. The van der Waals surface area contributed by atoms with Gasteiger partial charge in [-0.15, -0.1) is 0 Å². The Morgan fingerprint density at radius 2 is 1.78 bits per heavy atom. The molecule has 2 aromatic rings. The molecular weight excluding hydrogens is 461 g/mol. The molecule has 3 rings (SSSR count). The Kier molecular flexibility index (Phi) is 5.36. The van der Waals surface area contributed by atoms with Gasteiger partial charge in [0.2, 0.25) is 5.91 Å². The third kappa shape index (κ3) is 3.90. The van der Waals surface area contributed by atoms with Gasteiger partial charge in [-0.3, -0.25) is 14.5 Å². The second kappa shape index (κ2) is 7.55. The second-order valence-corrected chi connectivity index (χ2v) is 7.48. The van der Waals surface area contributed by atoms with Crippen LogP contribution in [0.15, 0.2) is 48.5 Å². The lowest BCUT2D eigenvalue weighted by atomic mass is 9.92. The van der Waals surface area contributed by atoms with Crippen molar-refractivity contribution in [1.82, 2.24) is 10.2 Å². The zero-order valence-corrected chi connectivity index (χ0v) is 16.9. The molecule has 1 aliphatic rings. The van der Waals surface area contributed by atoms with E-state index in [1.54, 1.807) is 50.4 Å². The smallest absolute Gasteiger partial charge is 0.325 e. The lowest BCUT2D eigenvalue weighted by Crippen LogP contribution is -2.42. The van der Waals surface area contributed by atoms with Gasteiger partial charge < -0.3 is 15.4 Å². The van der Waals surface area contributed by atoms with Crippen LogP contribution in [0.1, 0.15) is 12.5 Å². The predicted octanol–water partition coefficient (Wildman–Crippen LogP) is 2.71. The molecule has 0 aromatic heterocycles. The fourth-order valence-electron chi connectivity index (χ4n) is 2.84. The van der Waals surface area contributed by atoms with Crippen LogP contribution >= 0.6 is 22.6 Å². The number of methoxy groups -OCH3 is 1. The highest BCUT2D eigenvalue weighted by molar-refractivity contribution is 14.1. The zero-order chi connectivity index (χ0) is 19.6. The number of nitrogens with one attached hydrogen (secondary N) is 2. The van der Waals surface area contributed by atoms with Crippen LogP contribution in [0.2, 0.25) is 0 Å². The molecule has 2 N–H and O–H groups in total. The van der Waals surface area contributed by atoms with E-state index in [-0.39, 0.29) is 6.54 Å². The van der Waals surface area contributed by atoms with Crippen LogP contribution in [-0.4, -0.2) is 36.4 Å². The van der Waals surface area contributed by atoms with Crippen LogP contribution in [0.4, 0.5) is 10.5 Å². The van der Waals surface area contributed by atoms with E-state index in [9.17, 15) is 14.4 Å². The minimum absolute atomic E-state index is 0.359. The second-order valence-electron chi connectivity index (χ2n) is 6.23. The van der Waals surface area contributed by atoms with Gasteiger partial charge >= 0.3 is 6.03 Å². The van der Waals surface area contributed by atoms with Crippen molar-refractivity contribution in [2.24, 2.45) is 0 Å². The predicted molar refractivity (Wildman–Crippen MR) is 108 cm³/mol. The number of ether oxygens (including phenoxy) is 1. The number of benzene rings is 2. The molecule has 7 nitrogen and oxygen atoms in total. The minimum atomic E-state index is -1.23. The summed E-state index contributed by atoms with van der Waals surface area (Å²) in [6, 6.07) is 13.5. The standard InChI is InChI=1S/C19H18IN3O4/c1-19(12-3-9-15(27-2)10-4-12)17(25)23(18(26)22-19)11-16(24)21-14-7-5-13(20)6-8-14/h3-10H,11H2,1-2H3,(H,21,24)(H,22,26). The Balaban J connectivity index is 1.73. The Morgan fingerprint density at radius 1 is 1.15 bits per heavy atom. The third-order valence-corrected chi connectivity index (χ3v) is 5.09. The average molecular weight is 479 g/mol. The van der Waals surface area contributed by atoms with E-state index >= 15 is 0 Å². The molecule has 1 unspecified atom stereocenters. The largest absolute Gasteiger partial charge is 0.497 e. The highest BCUT2D eigenvalue weighted by atomic mass is 127. The molecule has 0 saturated carbocycles. The summed E-state index contributed by atoms with van der Waals surface area (Å²) in [6.45, 7) is 1.26. The molecule has 140 valence electrons. The molecule has 27 heavy (non-hydrogen) atoms. The van der Waals surface area contributed by atoms with Crippen LogP contribution in [0.3, 0.4) is 0 Å². The number of anilines is 1. The number of amides is 4. The molecule has 8 heteroatoms. The van der Waals surface area contributed by atoms with Crippen LogP contribution in [0.25, 0.3) is 0 Å². The molecule has 0 aliphatic carbocycles. The number of carbonyl (C=O) groups is 3. The van der Waals surface area contributed by atoms with Crippen molar-refractivity contribution in [3.63, 3.8) is 0 Å². The monoisotopic (exact) mass is 479 g/mol. The number of carbonyl (C=O) groups excluding carboxylic acids is 3. The summed E-state index contributed by atoms with van der Waals surface area (Å²) >= 11 is 2.16. The van der Waals surface area contributed by atoms with Gasteiger partial charge in [-0.25, -0.2) is 4.79 Å². The fourth-order valence-corrected chi connectivity index (χ4v) is 3.20. The number of imide groups is 1. The maximum Gasteiger partial charge on any atom is 0.325 e. The van der Waals surface area contributed by atoms with Gasteiger partial charge in [0.1, 0.15) is 17.8 Å². The van der Waals surface area contributed by atoms with Crippen LogP contribution < -0.4 is 15.4 Å². The number of urea groups is 1. The van der Waals surface area contributed by atoms with Crippen molar-refractivity contribution < 1.29 is 19.1 Å². The van der Waals surface area contributed by atoms with E-state index in [0.29, 0.717) is 17.0 Å². The van der Waals surface area contributed by atoms with E-state index in [0.717, 1.165) is 8.47 Å². The summed E-state index contributed by atoms with van der Waals surface area (Å²) in [5, 5.41) is 5.36. The first kappa shape index (κ1) is 19.2. The first-order chi connectivity index (χ1) is 12.8. The summed E-state index contributed by atoms with van der Waals surface area (Å²) in [6.07, 6.45) is 0. The topological polar surface area (TPSA) is 87.7 Å². The number of hydrogen-bond acceptors (Lipinski definition) is 4. The van der Waals surface area contributed by atoms with Crippen molar-refractivity contribution in [2.45, 2.75) is 12.5 Å². The lowest BCUT2D eigenvalue weighted by molar-refractivity contribution is -0.133. The average Bonchev–Trinajstić information content (AvgIpc) is 2.88. The van der Waals surface area contributed by atoms with Gasteiger partial charge in [0, 0.05) is 9.26 Å². The summed E-state index contributed by atoms with van der Waals surface area (Å²) < 4.78 is 6.15. The highest BCUT2D eigenvalue weighted by Gasteiger charge is 2.49. The minimum Gasteiger partial charge on any atom is -0.497 e. The van der Waals surface area contributed by atoms with Crippen molar-refractivity contribution in [1.29, 1.82) is 0 Å². The van der Waals surface area contributed by atoms with Gasteiger partial charge in [0.05, 0.1) is 7.11 Å². The fraction of sp³-hybridized carbons (Fsp3) is 0.211. The molecule has 1 saturated heterocycles. The molecule has 0 radical (unpaired) electrons. The Morgan fingerprint density at radius 3 is 2.37 bits per heavy atom. The maximum atomic E-state index is 12.9. The van der Waals surface area contributed by atoms with Crippen LogP contribution in [0.5, 0.6) is 5.75 Å². The number of rotatable bonds is 5. The Bertz CT molecular complexity index is 883. The summed E-state index contributed by atoms with van der Waals surface area (Å²) in [5.41, 5.74) is -0.0143. The first-order valence-electron chi connectivity index (χ1n) is 8.17. The maximum absolute atomic E-state index is 12.9. The van der Waals surface area contributed by atoms with Gasteiger partial charge in [0.15, 0.2) is 0 Å². The van der Waals surface area contributed by atoms with Gasteiger partial charge in [-0.1, -0.05) is 12.1 Å². The quantitative estimate of drug-likeness (QED) is 0.510. The molecule has 4 amide bonds. The summed E-state index contributed by atoms with van der Waals surface area (Å²) in [7, 11) is 1.55. The van der Waals surface area contributed by atoms with Crippen molar-refractivity contribution in [3.05, 3.63) is 57.7 Å². The van der Waals surface area contributed by atoms with E-state index < -0.39 is 23.4 Å². The lowest BCUT2D eigenvalue weighted by Gasteiger charge is -2.22. The molecular formula is C19H18IN3O4. The normalized spacial score (nSPS) is 19.0. The van der Waals surface area contributed by atoms with Crippen LogP contribution in [0, 0.1) is 3.57 Å². The van der Waals surface area contributed by atoms with Gasteiger partial charge in [-0.2, -0.15) is 0 Å². The van der Waals surface area contributed by atoms with Gasteiger partial charge in [-0.05, 0) is 71.5 Å². The van der Waals surface area contributed by atoms with Crippen molar-refractivity contribution >= 4 is 46.1 Å². The molecule has 1 fully saturated rings. The number of halogens is 1. The van der Waals surface area contributed by atoms with E-state index in [4.69, 9.17) is 4.74 Å². The SMILES string of the molecule is COc1ccc(C2(C)NC(=O)N(CC(=O)Nc3ccc(I)cc3)C2=O)cc1.